The summed E-state index contributed by atoms with van der Waals surface area (Å²) in [4.78, 5) is 17.4. The summed E-state index contributed by atoms with van der Waals surface area (Å²) in [5, 5.41) is 0. The van der Waals surface area contributed by atoms with Crippen LogP contribution in [0.2, 0.25) is 0 Å². The highest BCUT2D eigenvalue weighted by molar-refractivity contribution is 5.83. The molecule has 2 fully saturated rings. The van der Waals surface area contributed by atoms with Gasteiger partial charge in [0.15, 0.2) is 0 Å². The van der Waals surface area contributed by atoms with Gasteiger partial charge < -0.3 is 15.5 Å². The van der Waals surface area contributed by atoms with Crippen LogP contribution in [0.1, 0.15) is 53.4 Å². The molecule has 0 bridgehead atoms. The lowest BCUT2D eigenvalue weighted by Gasteiger charge is -2.44. The highest BCUT2D eigenvalue weighted by Gasteiger charge is 2.43. The molecule has 2 aliphatic rings. The van der Waals surface area contributed by atoms with Gasteiger partial charge in [-0.1, -0.05) is 0 Å². The summed E-state index contributed by atoms with van der Waals surface area (Å²) in [5.74, 6) is 0.213. The van der Waals surface area contributed by atoms with Crippen LogP contribution in [0.4, 0.5) is 0 Å². The van der Waals surface area contributed by atoms with Crippen molar-refractivity contribution < 1.29 is 4.79 Å². The summed E-state index contributed by atoms with van der Waals surface area (Å²) in [5.41, 5.74) is 5.20. The van der Waals surface area contributed by atoms with E-state index in [1.807, 2.05) is 32.6 Å². The van der Waals surface area contributed by atoms with Crippen molar-refractivity contribution in [3.05, 3.63) is 0 Å². The van der Waals surface area contributed by atoms with Gasteiger partial charge in [0.05, 0.1) is 5.41 Å². The molecule has 20 heavy (non-hydrogen) atoms. The number of hydrogen-bond donors (Lipinski definition) is 1. The lowest BCUT2D eigenvalue weighted by molar-refractivity contribution is -0.145. The van der Waals surface area contributed by atoms with Crippen molar-refractivity contribution in [2.75, 3.05) is 26.2 Å². The van der Waals surface area contributed by atoms with Gasteiger partial charge in [0, 0.05) is 24.7 Å². The van der Waals surface area contributed by atoms with E-state index in [1.165, 1.54) is 25.9 Å². The van der Waals surface area contributed by atoms with E-state index in [9.17, 15) is 4.79 Å². The van der Waals surface area contributed by atoms with Gasteiger partial charge in [0.1, 0.15) is 0 Å². The number of hydrogen-bond acceptors (Lipinski definition) is 3. The lowest BCUT2D eigenvalue weighted by atomic mass is 9.74. The minimum atomic E-state index is -0.506. The highest BCUT2D eigenvalue weighted by atomic mass is 16.2. The van der Waals surface area contributed by atoms with Gasteiger partial charge in [0.25, 0.3) is 0 Å². The normalized spacial score (nSPS) is 23.4. The van der Waals surface area contributed by atoms with Crippen molar-refractivity contribution in [2.24, 2.45) is 11.1 Å². The fourth-order valence-corrected chi connectivity index (χ4v) is 3.21. The second kappa shape index (κ2) is 5.64. The van der Waals surface area contributed by atoms with E-state index in [0.717, 1.165) is 25.9 Å². The molecule has 0 atom stereocenters. The van der Waals surface area contributed by atoms with Crippen LogP contribution >= 0.6 is 0 Å². The van der Waals surface area contributed by atoms with Crippen molar-refractivity contribution in [1.82, 2.24) is 9.80 Å². The molecule has 116 valence electrons. The molecule has 4 heteroatoms. The average Bonchev–Trinajstić information content (AvgIpc) is 2.90. The molecule has 2 N–H and O–H groups in total. The molecule has 0 aromatic carbocycles. The van der Waals surface area contributed by atoms with E-state index in [-0.39, 0.29) is 5.91 Å². The fraction of sp³-hybridized carbons (Fsp3) is 0.938. The highest BCUT2D eigenvalue weighted by Crippen LogP contribution is 2.32. The van der Waals surface area contributed by atoms with Crippen LogP contribution in [-0.4, -0.2) is 53.5 Å². The monoisotopic (exact) mass is 281 g/mol. The zero-order valence-electron chi connectivity index (χ0n) is 13.6. The van der Waals surface area contributed by atoms with Gasteiger partial charge in [0.2, 0.25) is 5.91 Å². The van der Waals surface area contributed by atoms with Crippen LogP contribution in [0.15, 0.2) is 0 Å². The molecule has 4 nitrogen and oxygen atoms in total. The van der Waals surface area contributed by atoms with Crippen LogP contribution in [-0.2, 0) is 4.79 Å². The molecule has 2 saturated heterocycles. The summed E-state index contributed by atoms with van der Waals surface area (Å²) in [7, 11) is 0. The SMILES string of the molecule is CC(C)(N)C(C)(C)C(=O)N1CCC(N2CCCC2)CC1. The molecule has 0 aromatic heterocycles. The standard InChI is InChI=1S/C16H31N3O/c1-15(2,16(3,4)17)14(20)19-11-7-13(8-12-19)18-9-5-6-10-18/h13H,5-12,17H2,1-4H3. The number of amides is 1. The van der Waals surface area contributed by atoms with Crippen molar-refractivity contribution >= 4 is 5.91 Å². The Morgan fingerprint density at radius 2 is 1.50 bits per heavy atom. The maximum atomic E-state index is 12.7. The largest absolute Gasteiger partial charge is 0.342 e. The molecule has 0 radical (unpaired) electrons. The molecule has 0 unspecified atom stereocenters. The van der Waals surface area contributed by atoms with Crippen LogP contribution < -0.4 is 5.73 Å². The maximum absolute atomic E-state index is 12.7. The maximum Gasteiger partial charge on any atom is 0.230 e. The number of carbonyl (C=O) groups excluding carboxylic acids is 1. The Labute approximate surface area is 123 Å². The molecule has 2 heterocycles. The predicted octanol–water partition coefficient (Wildman–Crippen LogP) is 1.84. The van der Waals surface area contributed by atoms with Gasteiger partial charge in [-0.3, -0.25) is 4.79 Å². The molecular formula is C16H31N3O. The third-order valence-corrected chi connectivity index (χ3v) is 5.55. The summed E-state index contributed by atoms with van der Waals surface area (Å²) in [6.07, 6.45) is 4.92. The molecule has 0 aromatic rings. The summed E-state index contributed by atoms with van der Waals surface area (Å²) in [6, 6.07) is 0.690. The topological polar surface area (TPSA) is 49.6 Å². The zero-order chi connectivity index (χ0) is 15.0. The Kier molecular flexibility index (Phi) is 4.45. The molecule has 0 aliphatic carbocycles. The molecule has 0 saturated carbocycles. The Morgan fingerprint density at radius 3 is 1.95 bits per heavy atom. The minimum Gasteiger partial charge on any atom is -0.342 e. The van der Waals surface area contributed by atoms with Crippen molar-refractivity contribution in [3.8, 4) is 0 Å². The van der Waals surface area contributed by atoms with E-state index < -0.39 is 11.0 Å². The van der Waals surface area contributed by atoms with Gasteiger partial charge in [-0.25, -0.2) is 0 Å². The Balaban J connectivity index is 1.91. The van der Waals surface area contributed by atoms with E-state index in [2.05, 4.69) is 4.90 Å². The Morgan fingerprint density at radius 1 is 1.00 bits per heavy atom. The summed E-state index contributed by atoms with van der Waals surface area (Å²) < 4.78 is 0. The number of rotatable bonds is 3. The number of nitrogens with two attached hydrogens (primary N) is 1. The third-order valence-electron chi connectivity index (χ3n) is 5.55. The second-order valence-corrected chi connectivity index (χ2v) is 7.61. The van der Waals surface area contributed by atoms with E-state index >= 15 is 0 Å². The third kappa shape index (κ3) is 3.01. The number of nitrogens with zero attached hydrogens (tertiary/aromatic N) is 2. The van der Waals surface area contributed by atoms with Crippen LogP contribution in [0.3, 0.4) is 0 Å². The first-order valence-electron chi connectivity index (χ1n) is 8.06. The van der Waals surface area contributed by atoms with E-state index in [4.69, 9.17) is 5.73 Å². The first-order valence-corrected chi connectivity index (χ1v) is 8.06. The Bertz CT molecular complexity index is 345. The minimum absolute atomic E-state index is 0.213. The molecule has 1 amide bonds. The first kappa shape index (κ1) is 15.8. The number of likely N-dealkylation sites (tertiary alicyclic amines) is 2. The van der Waals surface area contributed by atoms with Crippen LogP contribution in [0, 0.1) is 5.41 Å². The smallest absolute Gasteiger partial charge is 0.230 e. The summed E-state index contributed by atoms with van der Waals surface area (Å²) >= 11 is 0. The number of carbonyl (C=O) groups is 1. The number of piperidine rings is 1. The Hall–Kier alpha value is -0.610. The van der Waals surface area contributed by atoms with Crippen LogP contribution in [0.25, 0.3) is 0 Å². The molecule has 2 rings (SSSR count). The molecule has 0 spiro atoms. The predicted molar refractivity (Wildman–Crippen MR) is 82.5 cm³/mol. The van der Waals surface area contributed by atoms with E-state index in [0.29, 0.717) is 6.04 Å². The second-order valence-electron chi connectivity index (χ2n) is 7.61. The van der Waals surface area contributed by atoms with Crippen molar-refractivity contribution in [3.63, 3.8) is 0 Å². The van der Waals surface area contributed by atoms with Crippen LogP contribution in [0.5, 0.6) is 0 Å². The van der Waals surface area contributed by atoms with Crippen molar-refractivity contribution in [1.29, 1.82) is 0 Å². The van der Waals surface area contributed by atoms with Gasteiger partial charge in [-0.05, 0) is 66.5 Å². The van der Waals surface area contributed by atoms with Gasteiger partial charge in [-0.15, -0.1) is 0 Å². The molecular weight excluding hydrogens is 250 g/mol. The van der Waals surface area contributed by atoms with Gasteiger partial charge >= 0.3 is 0 Å². The first-order chi connectivity index (χ1) is 9.23. The van der Waals surface area contributed by atoms with Gasteiger partial charge in [-0.2, -0.15) is 0 Å². The lowest BCUT2D eigenvalue weighted by Crippen LogP contribution is -2.58. The zero-order valence-corrected chi connectivity index (χ0v) is 13.6. The summed E-state index contributed by atoms with van der Waals surface area (Å²) in [6.45, 7) is 12.1. The van der Waals surface area contributed by atoms with Crippen molar-refractivity contribution in [2.45, 2.75) is 65.0 Å². The average molecular weight is 281 g/mol. The quantitative estimate of drug-likeness (QED) is 0.858. The fourth-order valence-electron chi connectivity index (χ4n) is 3.21. The van der Waals surface area contributed by atoms with E-state index in [1.54, 1.807) is 0 Å². The molecule has 2 aliphatic heterocycles.